The summed E-state index contributed by atoms with van der Waals surface area (Å²) in [5.74, 6) is -1.47. The summed E-state index contributed by atoms with van der Waals surface area (Å²) >= 11 is 0. The average molecular weight is 630 g/mol. The Kier molecular flexibility index (Phi) is 12.5. The first-order valence-electron chi connectivity index (χ1n) is 15.2. The van der Waals surface area contributed by atoms with Gasteiger partial charge in [-0.25, -0.2) is 14.4 Å². The fourth-order valence-electron chi connectivity index (χ4n) is 4.91. The standard InChI is InChI=1S/C34H39N5O7/c1-2-45-30(40)18-10-9-17-29(37-33(43)46-24-25-12-5-3-6-13-25)32(42)36-28-16-11-20-38(23-28)34(44)39-21-19-26(22-39)31(41)35-27-14-7-4-8-15-27/h3-8,10-16,18,20,26,29H,2,9,17,19,21-24H2,1H3,(H,35,41)(H,36,42)(H,37,43)/b18-10+/t26-,29-/m0/s1. The Morgan fingerprint density at radius 1 is 0.978 bits per heavy atom. The lowest BCUT2D eigenvalue weighted by Gasteiger charge is -2.28. The van der Waals surface area contributed by atoms with Gasteiger partial charge in [0, 0.05) is 36.7 Å². The van der Waals surface area contributed by atoms with Crippen molar-refractivity contribution < 1.29 is 33.4 Å². The molecule has 0 radical (unpaired) electrons. The van der Waals surface area contributed by atoms with Gasteiger partial charge in [-0.15, -0.1) is 0 Å². The summed E-state index contributed by atoms with van der Waals surface area (Å²) in [5.41, 5.74) is 1.94. The minimum Gasteiger partial charge on any atom is -0.463 e. The molecule has 1 saturated heterocycles. The molecule has 0 aromatic heterocycles. The van der Waals surface area contributed by atoms with Crippen LogP contribution in [0.4, 0.5) is 15.3 Å². The fraction of sp³-hybridized carbons (Fsp3) is 0.324. The number of hydrogen-bond donors (Lipinski definition) is 3. The van der Waals surface area contributed by atoms with Gasteiger partial charge in [0.1, 0.15) is 12.6 Å². The number of likely N-dealkylation sites (tertiary alicyclic amines) is 1. The molecule has 12 nitrogen and oxygen atoms in total. The minimum absolute atomic E-state index is 0.0298. The summed E-state index contributed by atoms with van der Waals surface area (Å²) in [6.07, 6.45) is 8.03. The molecule has 0 saturated carbocycles. The van der Waals surface area contributed by atoms with Gasteiger partial charge >= 0.3 is 18.1 Å². The van der Waals surface area contributed by atoms with Crippen molar-refractivity contribution in [3.05, 3.63) is 102 Å². The zero-order chi connectivity index (χ0) is 32.7. The molecule has 4 rings (SSSR count). The number of para-hydroxylation sites is 1. The van der Waals surface area contributed by atoms with E-state index in [1.807, 2.05) is 60.7 Å². The average Bonchev–Trinajstić information content (AvgIpc) is 3.57. The second kappa shape index (κ2) is 17.2. The van der Waals surface area contributed by atoms with Crippen LogP contribution < -0.4 is 16.0 Å². The Morgan fingerprint density at radius 2 is 1.72 bits per heavy atom. The van der Waals surface area contributed by atoms with Gasteiger partial charge in [-0.05, 0) is 56.0 Å². The van der Waals surface area contributed by atoms with Crippen molar-refractivity contribution in [2.45, 2.75) is 38.8 Å². The number of benzene rings is 2. The van der Waals surface area contributed by atoms with Crippen LogP contribution in [0.25, 0.3) is 0 Å². The van der Waals surface area contributed by atoms with E-state index >= 15 is 0 Å². The number of esters is 1. The third-order valence-electron chi connectivity index (χ3n) is 7.29. The predicted molar refractivity (Wildman–Crippen MR) is 171 cm³/mol. The van der Waals surface area contributed by atoms with E-state index in [2.05, 4.69) is 16.0 Å². The van der Waals surface area contributed by atoms with Crippen LogP contribution in [0, 0.1) is 5.92 Å². The molecular weight excluding hydrogens is 590 g/mol. The summed E-state index contributed by atoms with van der Waals surface area (Å²) in [6, 6.07) is 17.0. The van der Waals surface area contributed by atoms with Crippen LogP contribution in [-0.4, -0.2) is 72.0 Å². The van der Waals surface area contributed by atoms with Crippen LogP contribution in [0.15, 0.2) is 96.9 Å². The van der Waals surface area contributed by atoms with Crippen LogP contribution in [0.3, 0.4) is 0 Å². The van der Waals surface area contributed by atoms with E-state index in [0.717, 1.165) is 5.56 Å². The second-order valence-electron chi connectivity index (χ2n) is 10.7. The van der Waals surface area contributed by atoms with Crippen molar-refractivity contribution in [2.75, 3.05) is 31.6 Å². The number of ether oxygens (including phenoxy) is 2. The summed E-state index contributed by atoms with van der Waals surface area (Å²) in [6.45, 7) is 2.78. The van der Waals surface area contributed by atoms with E-state index in [-0.39, 0.29) is 50.6 Å². The van der Waals surface area contributed by atoms with E-state index in [1.165, 1.54) is 11.0 Å². The molecule has 2 aliphatic heterocycles. The summed E-state index contributed by atoms with van der Waals surface area (Å²) in [7, 11) is 0. The normalized spacial score (nSPS) is 16.4. The van der Waals surface area contributed by atoms with Gasteiger partial charge in [-0.2, -0.15) is 0 Å². The lowest BCUT2D eigenvalue weighted by Crippen LogP contribution is -2.48. The van der Waals surface area contributed by atoms with Crippen molar-refractivity contribution in [1.29, 1.82) is 0 Å². The minimum atomic E-state index is -0.992. The highest BCUT2D eigenvalue weighted by Crippen LogP contribution is 2.21. The molecule has 242 valence electrons. The maximum absolute atomic E-state index is 13.3. The Balaban J connectivity index is 1.31. The maximum atomic E-state index is 13.3. The first kappa shape index (κ1) is 33.5. The fourth-order valence-corrected chi connectivity index (χ4v) is 4.91. The first-order valence-corrected chi connectivity index (χ1v) is 15.2. The first-order chi connectivity index (χ1) is 22.3. The molecule has 2 aromatic carbocycles. The molecule has 46 heavy (non-hydrogen) atoms. The van der Waals surface area contributed by atoms with Crippen LogP contribution in [-0.2, 0) is 30.5 Å². The number of amides is 5. The SMILES string of the molecule is CCOC(=O)/C=C/CC[C@H](NC(=O)OCc1ccccc1)C(=O)NC1=CC=CN(C(=O)N2CC[C@H](C(=O)Nc3ccccc3)C2)C1. The highest BCUT2D eigenvalue weighted by molar-refractivity contribution is 5.93. The third kappa shape index (κ3) is 10.4. The topological polar surface area (TPSA) is 146 Å². The van der Waals surface area contributed by atoms with E-state index in [4.69, 9.17) is 9.47 Å². The van der Waals surface area contributed by atoms with E-state index in [9.17, 15) is 24.0 Å². The van der Waals surface area contributed by atoms with Gasteiger partial charge in [-0.1, -0.05) is 54.6 Å². The number of hydrogen-bond acceptors (Lipinski definition) is 7. The van der Waals surface area contributed by atoms with Crippen molar-refractivity contribution in [2.24, 2.45) is 5.92 Å². The van der Waals surface area contributed by atoms with E-state index < -0.39 is 24.0 Å². The molecule has 2 aliphatic rings. The Bertz CT molecular complexity index is 1460. The monoisotopic (exact) mass is 629 g/mol. The summed E-state index contributed by atoms with van der Waals surface area (Å²) in [4.78, 5) is 66.7. The molecule has 0 aliphatic carbocycles. The summed E-state index contributed by atoms with van der Waals surface area (Å²) in [5, 5.41) is 8.31. The number of anilines is 1. The number of carbonyl (C=O) groups is 5. The lowest BCUT2D eigenvalue weighted by molar-refractivity contribution is -0.137. The van der Waals surface area contributed by atoms with E-state index in [0.29, 0.717) is 30.8 Å². The molecular formula is C34H39N5O7. The number of nitrogens with one attached hydrogen (secondary N) is 3. The van der Waals surface area contributed by atoms with Crippen LogP contribution in [0.1, 0.15) is 31.7 Å². The van der Waals surface area contributed by atoms with Crippen molar-refractivity contribution in [1.82, 2.24) is 20.4 Å². The van der Waals surface area contributed by atoms with Gasteiger partial charge in [0.15, 0.2) is 0 Å². The predicted octanol–water partition coefficient (Wildman–Crippen LogP) is 4.09. The second-order valence-corrected chi connectivity index (χ2v) is 10.7. The maximum Gasteiger partial charge on any atom is 0.408 e. The molecule has 2 heterocycles. The number of nitrogens with zero attached hydrogens (tertiary/aromatic N) is 2. The van der Waals surface area contributed by atoms with Gasteiger partial charge in [-0.3, -0.25) is 14.5 Å². The van der Waals surface area contributed by atoms with Crippen LogP contribution in [0.5, 0.6) is 0 Å². The molecule has 3 N–H and O–H groups in total. The van der Waals surface area contributed by atoms with Gasteiger partial charge in [0.2, 0.25) is 11.8 Å². The largest absolute Gasteiger partial charge is 0.463 e. The zero-order valence-electron chi connectivity index (χ0n) is 25.7. The van der Waals surface area contributed by atoms with Crippen molar-refractivity contribution in [3.8, 4) is 0 Å². The smallest absolute Gasteiger partial charge is 0.408 e. The Hall–Kier alpha value is -5.39. The molecule has 1 fully saturated rings. The third-order valence-corrected chi connectivity index (χ3v) is 7.29. The van der Waals surface area contributed by atoms with Crippen LogP contribution >= 0.6 is 0 Å². The molecule has 0 bridgehead atoms. The number of carbonyl (C=O) groups excluding carboxylic acids is 5. The molecule has 2 atom stereocenters. The van der Waals surface area contributed by atoms with Crippen LogP contribution in [0.2, 0.25) is 0 Å². The summed E-state index contributed by atoms with van der Waals surface area (Å²) < 4.78 is 10.2. The van der Waals surface area contributed by atoms with Crippen molar-refractivity contribution in [3.63, 3.8) is 0 Å². The number of rotatable bonds is 12. The molecule has 2 aromatic rings. The van der Waals surface area contributed by atoms with Gasteiger partial charge < -0.3 is 30.3 Å². The molecule has 0 unspecified atom stereocenters. The lowest BCUT2D eigenvalue weighted by atomic mass is 10.1. The highest BCUT2D eigenvalue weighted by Gasteiger charge is 2.33. The molecule has 12 heteroatoms. The number of alkyl carbamates (subject to hydrolysis) is 1. The van der Waals surface area contributed by atoms with E-state index in [1.54, 1.807) is 36.3 Å². The molecule has 0 spiro atoms. The van der Waals surface area contributed by atoms with Gasteiger partial charge in [0.05, 0.1) is 19.1 Å². The van der Waals surface area contributed by atoms with Gasteiger partial charge in [0.25, 0.3) is 0 Å². The number of urea groups is 1. The molecule has 5 amide bonds. The quantitative estimate of drug-likeness (QED) is 0.237. The number of allylic oxidation sites excluding steroid dienone is 3. The zero-order valence-corrected chi connectivity index (χ0v) is 25.7. The Labute approximate surface area is 268 Å². The Morgan fingerprint density at radius 3 is 2.46 bits per heavy atom. The highest BCUT2D eigenvalue weighted by atomic mass is 16.5. The van der Waals surface area contributed by atoms with Crippen molar-refractivity contribution >= 4 is 35.6 Å².